The molecule has 3 nitrogen and oxygen atoms in total. The van der Waals surface area contributed by atoms with Crippen LogP contribution in [0.1, 0.15) is 10.4 Å². The average molecular weight is 209 g/mol. The first kappa shape index (κ1) is 10.4. The lowest BCUT2D eigenvalue weighted by Gasteiger charge is -2.03. The topological polar surface area (TPSA) is 55.1 Å². The van der Waals surface area contributed by atoms with Gasteiger partial charge >= 0.3 is 0 Å². The van der Waals surface area contributed by atoms with Crippen molar-refractivity contribution in [1.29, 1.82) is 0 Å². The minimum atomic E-state index is -0.280. The third kappa shape index (κ3) is 2.68. The molecule has 0 aliphatic carbocycles. The predicted octanol–water partition coefficient (Wildman–Crippen LogP) is 1.29. The standard InChI is InChI=1S/C10H9ClN2O/c1-2-3-13-10(14)7-4-8(11)6-9(12)5-7/h1,4-6H,3,12H2,(H,13,14). The van der Waals surface area contributed by atoms with Crippen molar-refractivity contribution in [2.45, 2.75) is 0 Å². The summed E-state index contributed by atoms with van der Waals surface area (Å²) >= 11 is 5.73. The van der Waals surface area contributed by atoms with Crippen LogP contribution < -0.4 is 11.1 Å². The molecule has 0 spiro atoms. The molecule has 14 heavy (non-hydrogen) atoms. The third-order valence-electron chi connectivity index (χ3n) is 1.53. The lowest BCUT2D eigenvalue weighted by atomic mass is 10.2. The van der Waals surface area contributed by atoms with E-state index in [0.29, 0.717) is 16.3 Å². The third-order valence-corrected chi connectivity index (χ3v) is 1.75. The summed E-state index contributed by atoms with van der Waals surface area (Å²) in [5, 5.41) is 2.94. The Balaban J connectivity index is 2.85. The van der Waals surface area contributed by atoms with Crippen LogP contribution in [-0.4, -0.2) is 12.5 Å². The van der Waals surface area contributed by atoms with Gasteiger partial charge < -0.3 is 11.1 Å². The van der Waals surface area contributed by atoms with Crippen LogP contribution in [0.15, 0.2) is 18.2 Å². The maximum atomic E-state index is 11.4. The van der Waals surface area contributed by atoms with E-state index < -0.39 is 0 Å². The molecule has 0 heterocycles. The minimum absolute atomic E-state index is 0.186. The predicted molar refractivity (Wildman–Crippen MR) is 57.0 cm³/mol. The molecule has 1 rings (SSSR count). The lowest BCUT2D eigenvalue weighted by molar-refractivity contribution is 0.0959. The maximum absolute atomic E-state index is 11.4. The summed E-state index contributed by atoms with van der Waals surface area (Å²) in [5.74, 6) is 2.02. The van der Waals surface area contributed by atoms with Gasteiger partial charge in [0.2, 0.25) is 0 Å². The highest BCUT2D eigenvalue weighted by Crippen LogP contribution is 2.16. The van der Waals surface area contributed by atoms with Gasteiger partial charge in [0.25, 0.3) is 5.91 Å². The molecule has 0 saturated heterocycles. The molecule has 0 aliphatic rings. The largest absolute Gasteiger partial charge is 0.399 e. The van der Waals surface area contributed by atoms with Crippen LogP contribution in [0.5, 0.6) is 0 Å². The molecule has 0 atom stereocenters. The molecular formula is C10H9ClN2O. The van der Waals surface area contributed by atoms with Crippen molar-refractivity contribution in [3.63, 3.8) is 0 Å². The van der Waals surface area contributed by atoms with Crippen molar-refractivity contribution < 1.29 is 4.79 Å². The van der Waals surface area contributed by atoms with Crippen molar-refractivity contribution in [1.82, 2.24) is 5.32 Å². The molecule has 72 valence electrons. The highest BCUT2D eigenvalue weighted by atomic mass is 35.5. The highest BCUT2D eigenvalue weighted by Gasteiger charge is 2.05. The van der Waals surface area contributed by atoms with E-state index in [1.807, 2.05) is 0 Å². The van der Waals surface area contributed by atoms with Crippen LogP contribution in [0.3, 0.4) is 0 Å². The number of nitrogens with one attached hydrogen (secondary N) is 1. The SMILES string of the molecule is C#CCNC(=O)c1cc(N)cc(Cl)c1. The van der Waals surface area contributed by atoms with Crippen molar-refractivity contribution in [3.8, 4) is 12.3 Å². The number of anilines is 1. The molecule has 0 aromatic heterocycles. The van der Waals surface area contributed by atoms with E-state index in [4.69, 9.17) is 23.8 Å². The Hall–Kier alpha value is -1.66. The number of benzene rings is 1. The second-order valence-corrected chi connectivity index (χ2v) is 3.10. The Bertz CT molecular complexity index is 375. The molecule has 0 fully saturated rings. The maximum Gasteiger partial charge on any atom is 0.252 e. The van der Waals surface area contributed by atoms with Gasteiger partial charge in [0.1, 0.15) is 0 Å². The molecule has 0 radical (unpaired) electrons. The van der Waals surface area contributed by atoms with E-state index in [1.165, 1.54) is 12.1 Å². The number of carbonyl (C=O) groups excluding carboxylic acids is 1. The zero-order valence-electron chi connectivity index (χ0n) is 7.38. The summed E-state index contributed by atoms with van der Waals surface area (Å²) in [6.45, 7) is 0.186. The Morgan fingerprint density at radius 3 is 2.86 bits per heavy atom. The number of nitrogens with two attached hydrogens (primary N) is 1. The van der Waals surface area contributed by atoms with Crippen molar-refractivity contribution >= 4 is 23.2 Å². The number of amides is 1. The summed E-state index contributed by atoms with van der Waals surface area (Å²) in [6.07, 6.45) is 5.00. The minimum Gasteiger partial charge on any atom is -0.399 e. The fraction of sp³-hybridized carbons (Fsp3) is 0.100. The van der Waals surface area contributed by atoms with Gasteiger partial charge in [0, 0.05) is 16.3 Å². The van der Waals surface area contributed by atoms with Crippen LogP contribution in [0, 0.1) is 12.3 Å². The van der Waals surface area contributed by atoms with Crippen molar-refractivity contribution in [3.05, 3.63) is 28.8 Å². The zero-order chi connectivity index (χ0) is 10.6. The number of halogens is 1. The van der Waals surface area contributed by atoms with Crippen molar-refractivity contribution in [2.75, 3.05) is 12.3 Å². The first-order chi connectivity index (χ1) is 6.63. The monoisotopic (exact) mass is 208 g/mol. The molecule has 4 heteroatoms. The Morgan fingerprint density at radius 2 is 2.29 bits per heavy atom. The second kappa shape index (κ2) is 4.54. The van der Waals surface area contributed by atoms with Crippen LogP contribution in [0.2, 0.25) is 5.02 Å². The van der Waals surface area contributed by atoms with Gasteiger partial charge in [-0.25, -0.2) is 0 Å². The first-order valence-corrected chi connectivity index (χ1v) is 4.29. The smallest absolute Gasteiger partial charge is 0.252 e. The van der Waals surface area contributed by atoms with Gasteiger partial charge in [-0.15, -0.1) is 6.42 Å². The van der Waals surface area contributed by atoms with Crippen LogP contribution >= 0.6 is 11.6 Å². The molecule has 1 aromatic rings. The fourth-order valence-electron chi connectivity index (χ4n) is 0.977. The fourth-order valence-corrected chi connectivity index (χ4v) is 1.22. The van der Waals surface area contributed by atoms with Gasteiger partial charge in [-0.3, -0.25) is 4.79 Å². The molecule has 3 N–H and O–H groups in total. The normalized spacial score (nSPS) is 9.14. The summed E-state index contributed by atoms with van der Waals surface area (Å²) in [5.41, 5.74) is 6.38. The lowest BCUT2D eigenvalue weighted by Crippen LogP contribution is -2.23. The van der Waals surface area contributed by atoms with E-state index >= 15 is 0 Å². The molecule has 1 aromatic carbocycles. The summed E-state index contributed by atoms with van der Waals surface area (Å²) in [4.78, 5) is 11.4. The summed E-state index contributed by atoms with van der Waals surface area (Å²) < 4.78 is 0. The Morgan fingerprint density at radius 1 is 1.57 bits per heavy atom. The first-order valence-electron chi connectivity index (χ1n) is 3.91. The molecule has 0 bridgehead atoms. The molecular weight excluding hydrogens is 200 g/mol. The van der Waals surface area contributed by atoms with Crippen LogP contribution in [0.4, 0.5) is 5.69 Å². The number of hydrogen-bond donors (Lipinski definition) is 2. The molecule has 1 amide bonds. The number of nitrogen functional groups attached to an aromatic ring is 1. The van der Waals surface area contributed by atoms with Gasteiger partial charge in [-0.05, 0) is 18.2 Å². The van der Waals surface area contributed by atoms with Crippen LogP contribution in [-0.2, 0) is 0 Å². The Labute approximate surface area is 87.2 Å². The number of rotatable bonds is 2. The van der Waals surface area contributed by atoms with Gasteiger partial charge in [-0.2, -0.15) is 0 Å². The van der Waals surface area contributed by atoms with Gasteiger partial charge in [0.15, 0.2) is 0 Å². The van der Waals surface area contributed by atoms with Crippen molar-refractivity contribution in [2.24, 2.45) is 0 Å². The number of terminal acetylenes is 1. The second-order valence-electron chi connectivity index (χ2n) is 2.66. The van der Waals surface area contributed by atoms with E-state index in [2.05, 4.69) is 11.2 Å². The summed E-state index contributed by atoms with van der Waals surface area (Å²) in [7, 11) is 0. The number of hydrogen-bond acceptors (Lipinski definition) is 2. The zero-order valence-corrected chi connectivity index (χ0v) is 8.14. The molecule has 0 unspecified atom stereocenters. The number of carbonyl (C=O) groups is 1. The van der Waals surface area contributed by atoms with Gasteiger partial charge in [0.05, 0.1) is 6.54 Å². The quantitative estimate of drug-likeness (QED) is 0.568. The van der Waals surface area contributed by atoms with Gasteiger partial charge in [-0.1, -0.05) is 17.5 Å². The molecule has 0 aliphatic heterocycles. The van der Waals surface area contributed by atoms with Crippen LogP contribution in [0.25, 0.3) is 0 Å². The van der Waals surface area contributed by atoms with E-state index in [0.717, 1.165) is 0 Å². The van der Waals surface area contributed by atoms with E-state index in [9.17, 15) is 4.79 Å². The molecule has 0 saturated carbocycles. The highest BCUT2D eigenvalue weighted by molar-refractivity contribution is 6.31. The Kier molecular flexibility index (Phi) is 3.38. The summed E-state index contributed by atoms with van der Waals surface area (Å²) in [6, 6.07) is 4.64. The van der Waals surface area contributed by atoms with E-state index in [1.54, 1.807) is 6.07 Å². The van der Waals surface area contributed by atoms with E-state index in [-0.39, 0.29) is 12.5 Å². The average Bonchev–Trinajstić information content (AvgIpc) is 2.12.